The minimum atomic E-state index is -0.406. The first-order chi connectivity index (χ1) is 8.24. The van der Waals surface area contributed by atoms with E-state index >= 15 is 0 Å². The lowest BCUT2D eigenvalue weighted by atomic mass is 10.2. The van der Waals surface area contributed by atoms with Crippen LogP contribution in [0.2, 0.25) is 5.02 Å². The van der Waals surface area contributed by atoms with E-state index in [0.29, 0.717) is 22.0 Å². The molecule has 0 amide bonds. The monoisotopic (exact) mass is 247 g/mol. The minimum absolute atomic E-state index is 0.192. The summed E-state index contributed by atoms with van der Waals surface area (Å²) in [4.78, 5) is 4.23. The van der Waals surface area contributed by atoms with Gasteiger partial charge in [-0.1, -0.05) is 17.7 Å². The van der Waals surface area contributed by atoms with Crippen LogP contribution < -0.4 is 4.74 Å². The van der Waals surface area contributed by atoms with Crippen LogP contribution in [-0.4, -0.2) is 6.21 Å². The zero-order chi connectivity index (χ0) is 11.8. The number of aliphatic imine (C=N–C) groups is 1. The van der Waals surface area contributed by atoms with Crippen molar-refractivity contribution in [1.29, 1.82) is 0 Å². The van der Waals surface area contributed by atoms with Gasteiger partial charge in [0, 0.05) is 16.8 Å². The van der Waals surface area contributed by atoms with E-state index in [1.54, 1.807) is 36.5 Å². The summed E-state index contributed by atoms with van der Waals surface area (Å²) in [6.07, 6.45) is 1.57. The van der Waals surface area contributed by atoms with Crippen molar-refractivity contribution >= 4 is 23.5 Å². The molecule has 0 unspecified atom stereocenters. The molecular formula is C13H7ClFNO. The van der Waals surface area contributed by atoms with Crippen molar-refractivity contribution in [3.05, 3.63) is 52.8 Å². The largest absolute Gasteiger partial charge is 0.451 e. The number of halogens is 2. The highest BCUT2D eigenvalue weighted by Crippen LogP contribution is 2.38. The van der Waals surface area contributed by atoms with Crippen molar-refractivity contribution in [2.45, 2.75) is 0 Å². The number of benzene rings is 2. The number of nitrogens with zero attached hydrogens (tertiary/aromatic N) is 1. The zero-order valence-electron chi connectivity index (χ0n) is 8.65. The molecule has 0 saturated heterocycles. The van der Waals surface area contributed by atoms with E-state index in [9.17, 15) is 4.39 Å². The molecule has 2 aromatic carbocycles. The highest BCUT2D eigenvalue weighted by molar-refractivity contribution is 6.30. The fourth-order valence-corrected chi connectivity index (χ4v) is 1.83. The van der Waals surface area contributed by atoms with E-state index in [4.69, 9.17) is 16.3 Å². The minimum Gasteiger partial charge on any atom is -0.451 e. The summed E-state index contributed by atoms with van der Waals surface area (Å²) in [6.45, 7) is 0. The van der Waals surface area contributed by atoms with Gasteiger partial charge in [-0.2, -0.15) is 0 Å². The summed E-state index contributed by atoms with van der Waals surface area (Å²) in [5.41, 5.74) is 1.20. The van der Waals surface area contributed by atoms with Gasteiger partial charge in [0.2, 0.25) is 0 Å². The summed E-state index contributed by atoms with van der Waals surface area (Å²) >= 11 is 5.87. The van der Waals surface area contributed by atoms with Crippen LogP contribution in [0.4, 0.5) is 10.1 Å². The fourth-order valence-electron chi connectivity index (χ4n) is 1.66. The van der Waals surface area contributed by atoms with Crippen molar-refractivity contribution in [3.63, 3.8) is 0 Å². The van der Waals surface area contributed by atoms with Gasteiger partial charge in [-0.15, -0.1) is 0 Å². The molecule has 0 aromatic heterocycles. The maximum Gasteiger partial charge on any atom is 0.171 e. The lowest BCUT2D eigenvalue weighted by Gasteiger charge is -2.08. The summed E-state index contributed by atoms with van der Waals surface area (Å²) in [5, 5.41) is 0.566. The number of hydrogen-bond acceptors (Lipinski definition) is 2. The molecule has 17 heavy (non-hydrogen) atoms. The summed E-state index contributed by atoms with van der Waals surface area (Å²) < 4.78 is 19.1. The molecule has 0 atom stereocenters. The first-order valence-electron chi connectivity index (χ1n) is 5.04. The van der Waals surface area contributed by atoms with Crippen molar-refractivity contribution in [1.82, 2.24) is 0 Å². The molecule has 3 rings (SSSR count). The molecular weight excluding hydrogens is 241 g/mol. The van der Waals surface area contributed by atoms with Gasteiger partial charge >= 0.3 is 0 Å². The van der Waals surface area contributed by atoms with Crippen LogP contribution in [-0.2, 0) is 0 Å². The van der Waals surface area contributed by atoms with Gasteiger partial charge < -0.3 is 4.74 Å². The second-order valence-electron chi connectivity index (χ2n) is 3.63. The third-order valence-electron chi connectivity index (χ3n) is 2.47. The average molecular weight is 248 g/mol. The van der Waals surface area contributed by atoms with E-state index in [2.05, 4.69) is 4.99 Å². The predicted molar refractivity (Wildman–Crippen MR) is 65.2 cm³/mol. The van der Waals surface area contributed by atoms with Crippen molar-refractivity contribution < 1.29 is 9.13 Å². The third-order valence-corrected chi connectivity index (χ3v) is 2.71. The second kappa shape index (κ2) is 3.86. The van der Waals surface area contributed by atoms with Crippen molar-refractivity contribution in [2.75, 3.05) is 0 Å². The van der Waals surface area contributed by atoms with Crippen LogP contribution in [0.3, 0.4) is 0 Å². The lowest BCUT2D eigenvalue weighted by Crippen LogP contribution is -1.91. The zero-order valence-corrected chi connectivity index (χ0v) is 9.41. The normalized spacial score (nSPS) is 12.4. The molecule has 2 nitrogen and oxygen atoms in total. The Morgan fingerprint density at radius 3 is 2.94 bits per heavy atom. The quantitative estimate of drug-likeness (QED) is 0.579. The molecule has 0 fully saturated rings. The highest BCUT2D eigenvalue weighted by atomic mass is 35.5. The van der Waals surface area contributed by atoms with E-state index in [1.165, 1.54) is 6.07 Å². The van der Waals surface area contributed by atoms with Crippen LogP contribution >= 0.6 is 11.6 Å². The number of ether oxygens (including phenoxy) is 1. The van der Waals surface area contributed by atoms with Crippen LogP contribution in [0, 0.1) is 5.82 Å². The molecule has 0 radical (unpaired) electrons. The van der Waals surface area contributed by atoms with Gasteiger partial charge in [-0.05, 0) is 30.3 Å². The molecule has 1 heterocycles. The van der Waals surface area contributed by atoms with E-state index in [-0.39, 0.29) is 5.75 Å². The standard InChI is InChI=1S/C13H7ClFNO/c14-9-4-5-12-11(6-9)16-7-8-2-1-3-10(15)13(8)17-12/h1-7H. The Morgan fingerprint density at radius 1 is 1.18 bits per heavy atom. The first-order valence-corrected chi connectivity index (χ1v) is 5.42. The molecule has 2 aromatic rings. The van der Waals surface area contributed by atoms with E-state index in [1.807, 2.05) is 0 Å². The Kier molecular flexibility index (Phi) is 2.34. The third kappa shape index (κ3) is 1.78. The van der Waals surface area contributed by atoms with Crippen LogP contribution in [0.25, 0.3) is 0 Å². The molecule has 0 N–H and O–H groups in total. The number of fused-ring (bicyclic) bond motifs is 2. The van der Waals surface area contributed by atoms with E-state index < -0.39 is 5.82 Å². The highest BCUT2D eigenvalue weighted by Gasteiger charge is 2.15. The number of hydrogen-bond donors (Lipinski definition) is 0. The maximum atomic E-state index is 13.6. The Labute approximate surface area is 102 Å². The first kappa shape index (κ1) is 10.3. The molecule has 84 valence electrons. The SMILES string of the molecule is Fc1cccc2c1Oc1ccc(Cl)cc1N=C2. The molecule has 0 aliphatic carbocycles. The summed E-state index contributed by atoms with van der Waals surface area (Å²) in [5.74, 6) is 0.281. The van der Waals surface area contributed by atoms with Gasteiger partial charge in [0.25, 0.3) is 0 Å². The Balaban J connectivity index is 2.20. The molecule has 0 bridgehead atoms. The molecule has 0 spiro atoms. The Hall–Kier alpha value is -1.87. The average Bonchev–Trinajstić information content (AvgIpc) is 2.49. The predicted octanol–water partition coefficient (Wildman–Crippen LogP) is 4.34. The molecule has 0 saturated carbocycles. The topological polar surface area (TPSA) is 21.6 Å². The maximum absolute atomic E-state index is 13.6. The van der Waals surface area contributed by atoms with Crippen LogP contribution in [0.15, 0.2) is 41.4 Å². The molecule has 1 aliphatic heterocycles. The van der Waals surface area contributed by atoms with Crippen LogP contribution in [0.1, 0.15) is 5.56 Å². The Bertz CT molecular complexity index is 625. The fraction of sp³-hybridized carbons (Fsp3) is 0. The van der Waals surface area contributed by atoms with Gasteiger partial charge in [0.05, 0.1) is 0 Å². The number of para-hydroxylation sites is 1. The summed E-state index contributed by atoms with van der Waals surface area (Å²) in [7, 11) is 0. The van der Waals surface area contributed by atoms with E-state index in [0.717, 1.165) is 0 Å². The second-order valence-corrected chi connectivity index (χ2v) is 4.07. The van der Waals surface area contributed by atoms with Crippen molar-refractivity contribution in [2.24, 2.45) is 4.99 Å². The smallest absolute Gasteiger partial charge is 0.171 e. The number of rotatable bonds is 0. The van der Waals surface area contributed by atoms with Gasteiger partial charge in [0.1, 0.15) is 5.69 Å². The lowest BCUT2D eigenvalue weighted by molar-refractivity contribution is 0.444. The molecule has 4 heteroatoms. The van der Waals surface area contributed by atoms with Crippen molar-refractivity contribution in [3.8, 4) is 11.5 Å². The Morgan fingerprint density at radius 2 is 2.06 bits per heavy atom. The summed E-state index contributed by atoms with van der Waals surface area (Å²) in [6, 6.07) is 9.75. The molecule has 1 aliphatic rings. The van der Waals surface area contributed by atoms with Crippen LogP contribution in [0.5, 0.6) is 11.5 Å². The van der Waals surface area contributed by atoms with Gasteiger partial charge in [-0.25, -0.2) is 4.39 Å². The van der Waals surface area contributed by atoms with Gasteiger partial charge in [0.15, 0.2) is 17.3 Å². The van der Waals surface area contributed by atoms with Gasteiger partial charge in [-0.3, -0.25) is 4.99 Å².